The zero-order valence-corrected chi connectivity index (χ0v) is 23.1. The van der Waals surface area contributed by atoms with Crippen LogP contribution in [-0.4, -0.2) is 57.9 Å². The molecule has 1 N–H and O–H groups in total. The van der Waals surface area contributed by atoms with Gasteiger partial charge < -0.3 is 23.9 Å². The maximum absolute atomic E-state index is 11.5. The molecule has 210 valence electrons. The lowest BCUT2D eigenvalue weighted by Gasteiger charge is -2.35. The van der Waals surface area contributed by atoms with Crippen molar-refractivity contribution < 1.29 is 24.1 Å². The Kier molecular flexibility index (Phi) is 6.94. The monoisotopic (exact) mass is 563 g/mol. The molecule has 4 aliphatic rings. The van der Waals surface area contributed by atoms with E-state index in [4.69, 9.17) is 30.8 Å². The fourth-order valence-corrected chi connectivity index (χ4v) is 6.51. The largest absolute Gasteiger partial charge is 0.485 e. The van der Waals surface area contributed by atoms with E-state index in [9.17, 15) is 9.90 Å². The van der Waals surface area contributed by atoms with Gasteiger partial charge in [-0.1, -0.05) is 35.9 Å². The smallest absolute Gasteiger partial charge is 0.307 e. The molecule has 4 heterocycles. The van der Waals surface area contributed by atoms with E-state index in [-0.39, 0.29) is 24.0 Å². The third kappa shape index (κ3) is 5.08. The molecule has 3 aromatic rings. The van der Waals surface area contributed by atoms with E-state index in [0.717, 1.165) is 80.6 Å². The molecule has 7 rings (SSSR count). The number of hydrogen-bond acceptors (Lipinski definition) is 6. The van der Waals surface area contributed by atoms with E-state index in [2.05, 4.69) is 21.6 Å². The highest BCUT2D eigenvalue weighted by Gasteiger charge is 2.46. The number of likely N-dealkylation sites (tertiary alicyclic amines) is 1. The van der Waals surface area contributed by atoms with Crippen molar-refractivity contribution in [3.05, 3.63) is 76.3 Å². The Morgan fingerprint density at radius 2 is 1.90 bits per heavy atom. The summed E-state index contributed by atoms with van der Waals surface area (Å²) in [6.45, 7) is 4.73. The number of aromatic nitrogens is 2. The second-order valence-electron chi connectivity index (χ2n) is 11.5. The minimum atomic E-state index is -0.709. The standard InChI is InChI=1S/C31H34ClN3O5/c32-21-6-4-20(5-7-21)28-18-39-30-23(2-1-3-27(30)40-28)19-8-11-34(12-9-19)17-29-33-15-26(24-14-25(24)31(36)37)35(29)16-22-10-13-38-22/h1-7,15,19,22,24-25,28H,8-14,16-18H2,(H,36,37). The number of imidazole rings is 1. The van der Waals surface area contributed by atoms with Crippen LogP contribution in [0.5, 0.6) is 11.5 Å². The molecule has 0 radical (unpaired) electrons. The molecule has 0 amide bonds. The van der Waals surface area contributed by atoms with E-state index in [1.54, 1.807) is 0 Å². The Morgan fingerprint density at radius 3 is 2.60 bits per heavy atom. The van der Waals surface area contributed by atoms with Crippen LogP contribution in [0.3, 0.4) is 0 Å². The minimum absolute atomic E-state index is 0.0651. The lowest BCUT2D eigenvalue weighted by atomic mass is 9.88. The van der Waals surface area contributed by atoms with Crippen molar-refractivity contribution in [2.24, 2.45) is 5.92 Å². The molecule has 1 aliphatic carbocycles. The first kappa shape index (κ1) is 25.9. The number of fused-ring (bicyclic) bond motifs is 1. The summed E-state index contributed by atoms with van der Waals surface area (Å²) in [5.41, 5.74) is 3.34. The maximum atomic E-state index is 11.5. The van der Waals surface area contributed by atoms with Crippen molar-refractivity contribution in [2.45, 2.75) is 62.8 Å². The van der Waals surface area contributed by atoms with Crippen molar-refractivity contribution in [3.8, 4) is 11.5 Å². The van der Waals surface area contributed by atoms with Gasteiger partial charge in [0.25, 0.3) is 0 Å². The zero-order chi connectivity index (χ0) is 27.2. The van der Waals surface area contributed by atoms with E-state index in [1.807, 2.05) is 36.5 Å². The number of piperidine rings is 1. The maximum Gasteiger partial charge on any atom is 0.307 e. The number of para-hydroxylation sites is 1. The summed E-state index contributed by atoms with van der Waals surface area (Å²) in [5.74, 6) is 2.17. The Balaban J connectivity index is 1.01. The number of hydrogen-bond donors (Lipinski definition) is 1. The second kappa shape index (κ2) is 10.7. The van der Waals surface area contributed by atoms with E-state index in [0.29, 0.717) is 24.0 Å². The van der Waals surface area contributed by atoms with Crippen LogP contribution >= 0.6 is 11.6 Å². The van der Waals surface area contributed by atoms with Crippen LogP contribution in [0.15, 0.2) is 48.7 Å². The molecule has 2 aromatic carbocycles. The van der Waals surface area contributed by atoms with Crippen molar-refractivity contribution in [3.63, 3.8) is 0 Å². The third-order valence-electron chi connectivity index (χ3n) is 8.93. The lowest BCUT2D eigenvalue weighted by molar-refractivity contribution is -0.138. The van der Waals surface area contributed by atoms with E-state index in [1.165, 1.54) is 5.56 Å². The minimum Gasteiger partial charge on any atom is -0.485 e. The molecule has 8 nitrogen and oxygen atoms in total. The van der Waals surface area contributed by atoms with Crippen LogP contribution < -0.4 is 9.47 Å². The van der Waals surface area contributed by atoms with Gasteiger partial charge in [-0.05, 0) is 68.5 Å². The van der Waals surface area contributed by atoms with Crippen LogP contribution in [0, 0.1) is 5.92 Å². The van der Waals surface area contributed by atoms with Crippen molar-refractivity contribution >= 4 is 17.6 Å². The number of benzene rings is 2. The normalized spacial score (nSPS) is 26.3. The average molecular weight is 564 g/mol. The van der Waals surface area contributed by atoms with E-state index >= 15 is 0 Å². The number of carbonyl (C=O) groups is 1. The molecule has 4 atom stereocenters. The number of halogens is 1. The van der Waals surface area contributed by atoms with Crippen molar-refractivity contribution in [1.29, 1.82) is 0 Å². The molecular weight excluding hydrogens is 530 g/mol. The van der Waals surface area contributed by atoms with Gasteiger partial charge in [0.2, 0.25) is 0 Å². The molecule has 3 aliphatic heterocycles. The predicted octanol–water partition coefficient (Wildman–Crippen LogP) is 5.41. The fourth-order valence-electron chi connectivity index (χ4n) is 6.38. The first-order chi connectivity index (χ1) is 19.5. The molecular formula is C31H34ClN3O5. The first-order valence-electron chi connectivity index (χ1n) is 14.3. The molecule has 1 saturated carbocycles. The summed E-state index contributed by atoms with van der Waals surface area (Å²) in [6.07, 6.45) is 5.76. The van der Waals surface area contributed by atoms with Gasteiger partial charge in [-0.3, -0.25) is 9.69 Å². The average Bonchev–Trinajstić information content (AvgIpc) is 3.66. The van der Waals surface area contributed by atoms with Crippen molar-refractivity contribution in [1.82, 2.24) is 14.5 Å². The van der Waals surface area contributed by atoms with Gasteiger partial charge in [-0.2, -0.15) is 0 Å². The molecule has 1 aromatic heterocycles. The first-order valence-corrected chi connectivity index (χ1v) is 14.7. The Bertz CT molecular complexity index is 1380. The number of rotatable bonds is 8. The SMILES string of the molecule is O=C(O)C1CC1c1cnc(CN2CCC(c3cccc4c3OCC(c3ccc(Cl)cc3)O4)CC2)n1CC1CCO1. The van der Waals surface area contributed by atoms with Crippen LogP contribution in [0.4, 0.5) is 0 Å². The zero-order valence-electron chi connectivity index (χ0n) is 22.4. The number of ether oxygens (including phenoxy) is 3. The number of nitrogens with zero attached hydrogens (tertiary/aromatic N) is 3. The Hall–Kier alpha value is -3.07. The van der Waals surface area contributed by atoms with Gasteiger partial charge in [-0.25, -0.2) is 4.98 Å². The highest BCUT2D eigenvalue weighted by Crippen LogP contribution is 2.48. The third-order valence-corrected chi connectivity index (χ3v) is 9.18. The summed E-state index contributed by atoms with van der Waals surface area (Å²) in [6, 6.07) is 14.0. The summed E-state index contributed by atoms with van der Waals surface area (Å²) < 4.78 is 20.6. The Morgan fingerprint density at radius 1 is 1.10 bits per heavy atom. The van der Waals surface area contributed by atoms with Crippen LogP contribution in [0.2, 0.25) is 5.02 Å². The summed E-state index contributed by atoms with van der Waals surface area (Å²) >= 11 is 6.06. The summed E-state index contributed by atoms with van der Waals surface area (Å²) in [5, 5.41) is 10.2. The lowest BCUT2D eigenvalue weighted by Crippen LogP contribution is -2.36. The van der Waals surface area contributed by atoms with Gasteiger partial charge in [0.15, 0.2) is 17.6 Å². The number of aliphatic carboxylic acids is 1. The highest BCUT2D eigenvalue weighted by atomic mass is 35.5. The second-order valence-corrected chi connectivity index (χ2v) is 11.9. The summed E-state index contributed by atoms with van der Waals surface area (Å²) in [4.78, 5) is 18.8. The molecule has 2 saturated heterocycles. The molecule has 4 unspecified atom stereocenters. The van der Waals surface area contributed by atoms with Crippen LogP contribution in [0.25, 0.3) is 0 Å². The topological polar surface area (TPSA) is 86.0 Å². The van der Waals surface area contributed by atoms with Gasteiger partial charge in [-0.15, -0.1) is 0 Å². The highest BCUT2D eigenvalue weighted by molar-refractivity contribution is 6.30. The number of carboxylic acid groups (broad SMARTS) is 1. The quantitative estimate of drug-likeness (QED) is 0.392. The van der Waals surface area contributed by atoms with Crippen molar-refractivity contribution in [2.75, 3.05) is 26.3 Å². The molecule has 9 heteroatoms. The van der Waals surface area contributed by atoms with Crippen LogP contribution in [-0.2, 0) is 22.6 Å². The Labute approximate surface area is 238 Å². The molecule has 0 spiro atoms. The van der Waals surface area contributed by atoms with E-state index < -0.39 is 5.97 Å². The van der Waals surface area contributed by atoms with Gasteiger partial charge in [0, 0.05) is 35.0 Å². The molecule has 3 fully saturated rings. The van der Waals surface area contributed by atoms with Gasteiger partial charge >= 0.3 is 5.97 Å². The van der Waals surface area contributed by atoms with Gasteiger partial charge in [0.05, 0.1) is 25.1 Å². The predicted molar refractivity (Wildman–Crippen MR) is 149 cm³/mol. The fraction of sp³-hybridized carbons (Fsp3) is 0.484. The van der Waals surface area contributed by atoms with Gasteiger partial charge in [0.1, 0.15) is 12.4 Å². The van der Waals surface area contributed by atoms with Crippen LogP contribution in [0.1, 0.15) is 66.3 Å². The molecule has 0 bridgehead atoms. The number of carboxylic acids is 1. The molecule has 40 heavy (non-hydrogen) atoms. The summed E-state index contributed by atoms with van der Waals surface area (Å²) in [7, 11) is 0.